The third-order valence-corrected chi connectivity index (χ3v) is 7.55. The highest BCUT2D eigenvalue weighted by molar-refractivity contribution is 7.99. The van der Waals surface area contributed by atoms with E-state index in [1.54, 1.807) is 12.1 Å². The number of nitrogens with zero attached hydrogens (tertiary/aromatic N) is 1. The van der Waals surface area contributed by atoms with Crippen LogP contribution in [0.2, 0.25) is 5.02 Å². The Morgan fingerprint density at radius 1 is 1.18 bits per heavy atom. The van der Waals surface area contributed by atoms with Crippen molar-refractivity contribution in [3.63, 3.8) is 0 Å². The number of carbonyl (C=O) groups is 1. The first kappa shape index (κ1) is 24.9. The van der Waals surface area contributed by atoms with Gasteiger partial charge < -0.3 is 10.3 Å². The van der Waals surface area contributed by atoms with Gasteiger partial charge in [-0.25, -0.2) is 17.8 Å². The fourth-order valence-electron chi connectivity index (χ4n) is 2.80. The fraction of sp³-hybridized carbons (Fsp3) is 0.227. The fourth-order valence-corrected chi connectivity index (χ4v) is 4.85. The van der Waals surface area contributed by atoms with Gasteiger partial charge in [0.05, 0.1) is 21.9 Å². The van der Waals surface area contributed by atoms with Gasteiger partial charge in [-0.1, -0.05) is 56.3 Å². The molecular formula is C22H21ClFN3O4S2. The number of sulfone groups is 1. The highest BCUT2D eigenvalue weighted by Gasteiger charge is 2.23. The van der Waals surface area contributed by atoms with Crippen LogP contribution in [0.5, 0.6) is 0 Å². The number of carbonyl (C=O) groups excluding carboxylic acids is 1. The zero-order valence-corrected chi connectivity index (χ0v) is 20.4. The molecule has 0 aliphatic heterocycles. The van der Waals surface area contributed by atoms with Gasteiger partial charge in [-0.3, -0.25) is 9.59 Å². The van der Waals surface area contributed by atoms with E-state index in [9.17, 15) is 22.4 Å². The number of aromatic amines is 1. The van der Waals surface area contributed by atoms with Crippen molar-refractivity contribution in [2.75, 3.05) is 11.1 Å². The van der Waals surface area contributed by atoms with Gasteiger partial charge >= 0.3 is 0 Å². The van der Waals surface area contributed by atoms with Gasteiger partial charge in [0.25, 0.3) is 5.56 Å². The minimum Gasteiger partial charge on any atom is -0.325 e. The average Bonchev–Trinajstić information content (AvgIpc) is 2.74. The summed E-state index contributed by atoms with van der Waals surface area (Å²) in [5, 5.41) is 2.49. The Labute approximate surface area is 199 Å². The zero-order chi connectivity index (χ0) is 24.4. The first-order valence-corrected chi connectivity index (χ1v) is 12.6. The zero-order valence-electron chi connectivity index (χ0n) is 18.0. The molecule has 3 rings (SSSR count). The highest BCUT2D eigenvalue weighted by Crippen LogP contribution is 2.25. The number of halogens is 2. The van der Waals surface area contributed by atoms with Crippen LogP contribution >= 0.6 is 23.4 Å². The summed E-state index contributed by atoms with van der Waals surface area (Å²) >= 11 is 6.59. The molecule has 0 radical (unpaired) electrons. The summed E-state index contributed by atoms with van der Waals surface area (Å²) in [5.74, 6) is -1.18. The molecule has 0 aliphatic rings. The molecule has 0 saturated heterocycles. The maximum atomic E-state index is 13.2. The summed E-state index contributed by atoms with van der Waals surface area (Å²) in [5.41, 5.74) is 0.294. The monoisotopic (exact) mass is 509 g/mol. The van der Waals surface area contributed by atoms with E-state index in [-0.39, 0.29) is 26.2 Å². The van der Waals surface area contributed by atoms with E-state index < -0.39 is 32.0 Å². The molecule has 7 nitrogen and oxygen atoms in total. The molecule has 0 spiro atoms. The second-order valence-electron chi connectivity index (χ2n) is 8.13. The molecule has 1 amide bonds. The molecule has 0 saturated carbocycles. The van der Waals surface area contributed by atoms with Crippen LogP contribution in [0.1, 0.15) is 26.3 Å². The molecule has 0 fully saturated rings. The van der Waals surface area contributed by atoms with E-state index >= 15 is 0 Å². The van der Waals surface area contributed by atoms with Crippen molar-refractivity contribution in [1.29, 1.82) is 0 Å². The van der Waals surface area contributed by atoms with Crippen LogP contribution in [-0.2, 0) is 20.0 Å². The minimum atomic E-state index is -4.07. The van der Waals surface area contributed by atoms with Crippen molar-refractivity contribution in [3.05, 3.63) is 75.4 Å². The van der Waals surface area contributed by atoms with Crippen LogP contribution in [0.4, 0.5) is 10.1 Å². The quantitative estimate of drug-likeness (QED) is 0.376. The molecule has 1 aromatic heterocycles. The summed E-state index contributed by atoms with van der Waals surface area (Å²) < 4.78 is 39.0. The van der Waals surface area contributed by atoms with Crippen molar-refractivity contribution < 1.29 is 17.6 Å². The number of hydrogen-bond acceptors (Lipinski definition) is 6. The topological polar surface area (TPSA) is 109 Å². The Hall–Kier alpha value is -2.69. The molecule has 0 aliphatic carbocycles. The Kier molecular flexibility index (Phi) is 7.30. The molecule has 0 unspecified atom stereocenters. The summed E-state index contributed by atoms with van der Waals surface area (Å²) in [6, 6.07) is 10.1. The van der Waals surface area contributed by atoms with Crippen LogP contribution in [-0.4, -0.2) is 30.0 Å². The highest BCUT2D eigenvalue weighted by atomic mass is 35.5. The molecular weight excluding hydrogens is 489 g/mol. The largest absolute Gasteiger partial charge is 0.325 e. The Morgan fingerprint density at radius 2 is 1.85 bits per heavy atom. The Bertz CT molecular complexity index is 1350. The van der Waals surface area contributed by atoms with Crippen molar-refractivity contribution in [2.24, 2.45) is 0 Å². The SMILES string of the molecule is CC(C)(C)c1ccc(S(=O)(=O)c2cnc(SCC(=O)Nc3ccc(F)c(Cl)c3)[nH]c2=O)cc1. The molecule has 0 atom stereocenters. The van der Waals surface area contributed by atoms with E-state index in [4.69, 9.17) is 11.6 Å². The lowest BCUT2D eigenvalue weighted by Crippen LogP contribution is -2.20. The Morgan fingerprint density at radius 3 is 2.42 bits per heavy atom. The van der Waals surface area contributed by atoms with Crippen molar-refractivity contribution in [1.82, 2.24) is 9.97 Å². The molecule has 33 heavy (non-hydrogen) atoms. The van der Waals surface area contributed by atoms with Crippen molar-refractivity contribution in [2.45, 2.75) is 41.1 Å². The predicted octanol–water partition coefficient (Wildman–Crippen LogP) is 4.42. The number of anilines is 1. The number of thioether (sulfide) groups is 1. The van der Waals surface area contributed by atoms with E-state index in [1.807, 2.05) is 20.8 Å². The lowest BCUT2D eigenvalue weighted by atomic mass is 9.87. The summed E-state index contributed by atoms with van der Waals surface area (Å²) in [6.07, 6.45) is 0.978. The number of aromatic nitrogens is 2. The van der Waals surface area contributed by atoms with Crippen LogP contribution in [0, 0.1) is 5.82 Å². The molecule has 11 heteroatoms. The smallest absolute Gasteiger partial charge is 0.270 e. The van der Waals surface area contributed by atoms with Gasteiger partial charge in [0.15, 0.2) is 10.1 Å². The number of nitrogens with one attached hydrogen (secondary N) is 2. The maximum absolute atomic E-state index is 13.2. The third kappa shape index (κ3) is 6.01. The number of benzene rings is 2. The molecule has 174 valence electrons. The molecule has 3 aromatic rings. The molecule has 1 heterocycles. The molecule has 2 aromatic carbocycles. The predicted molar refractivity (Wildman–Crippen MR) is 126 cm³/mol. The second-order valence-corrected chi connectivity index (χ2v) is 11.4. The molecule has 0 bridgehead atoms. The van der Waals surface area contributed by atoms with Gasteiger partial charge in [-0.15, -0.1) is 0 Å². The van der Waals surface area contributed by atoms with Crippen LogP contribution in [0.25, 0.3) is 0 Å². The minimum absolute atomic E-state index is 0.0134. The number of hydrogen-bond donors (Lipinski definition) is 2. The maximum Gasteiger partial charge on any atom is 0.270 e. The second kappa shape index (κ2) is 9.66. The normalized spacial score (nSPS) is 11.9. The average molecular weight is 510 g/mol. The number of H-pyrrole nitrogens is 1. The van der Waals surface area contributed by atoms with Gasteiger partial charge in [-0.2, -0.15) is 0 Å². The van der Waals surface area contributed by atoms with E-state index in [0.29, 0.717) is 5.69 Å². The third-order valence-electron chi connectivity index (χ3n) is 4.61. The van der Waals surface area contributed by atoms with Crippen LogP contribution in [0.15, 0.2) is 68.4 Å². The first-order valence-electron chi connectivity index (χ1n) is 9.70. The van der Waals surface area contributed by atoms with Crippen LogP contribution in [0.3, 0.4) is 0 Å². The van der Waals surface area contributed by atoms with Gasteiger partial charge in [-0.05, 0) is 41.3 Å². The number of rotatable bonds is 6. The van der Waals surface area contributed by atoms with Gasteiger partial charge in [0.1, 0.15) is 5.82 Å². The lowest BCUT2D eigenvalue weighted by molar-refractivity contribution is -0.113. The summed E-state index contributed by atoms with van der Waals surface area (Å²) in [6.45, 7) is 6.03. The van der Waals surface area contributed by atoms with Crippen molar-refractivity contribution in [3.8, 4) is 0 Å². The van der Waals surface area contributed by atoms with E-state index in [2.05, 4.69) is 15.3 Å². The first-order chi connectivity index (χ1) is 15.4. The lowest BCUT2D eigenvalue weighted by Gasteiger charge is -2.19. The van der Waals surface area contributed by atoms with Crippen molar-refractivity contribution >= 4 is 44.8 Å². The van der Waals surface area contributed by atoms with Crippen LogP contribution < -0.4 is 10.9 Å². The standard InChI is InChI=1S/C22H21ClFN3O4S2/c1-22(2,3)13-4-7-15(8-5-13)33(30,31)18-11-25-21(27-20(18)29)32-12-19(28)26-14-6-9-17(24)16(23)10-14/h4-11H,12H2,1-3H3,(H,26,28)(H,25,27,29). The summed E-state index contributed by atoms with van der Waals surface area (Å²) in [7, 11) is -4.07. The Balaban J connectivity index is 1.70. The molecule has 2 N–H and O–H groups in total. The van der Waals surface area contributed by atoms with E-state index in [0.717, 1.165) is 29.6 Å². The van der Waals surface area contributed by atoms with Gasteiger partial charge in [0, 0.05) is 5.69 Å². The number of amides is 1. The van der Waals surface area contributed by atoms with Gasteiger partial charge in [0.2, 0.25) is 15.7 Å². The summed E-state index contributed by atoms with van der Waals surface area (Å²) in [4.78, 5) is 30.4. The van der Waals surface area contributed by atoms with E-state index in [1.165, 1.54) is 24.3 Å².